The molecule has 86 valence electrons. The largest absolute Gasteiger partial charge is 0.321 e. The Morgan fingerprint density at radius 1 is 1.07 bits per heavy atom. The molecule has 0 saturated carbocycles. The summed E-state index contributed by atoms with van der Waals surface area (Å²) < 4.78 is 0. The van der Waals surface area contributed by atoms with Crippen LogP contribution in [0.25, 0.3) is 0 Å². The molecule has 15 heavy (non-hydrogen) atoms. The van der Waals surface area contributed by atoms with Gasteiger partial charge in [0.05, 0.1) is 0 Å². The first-order chi connectivity index (χ1) is 6.68. The molecular weight excluding hydrogens is 189 g/mol. The fourth-order valence-corrected chi connectivity index (χ4v) is 1.95. The van der Waals surface area contributed by atoms with Gasteiger partial charge in [-0.25, -0.2) is 0 Å². The van der Waals surface area contributed by atoms with Gasteiger partial charge in [0, 0.05) is 5.54 Å². The molecule has 0 amide bonds. The standard InChI is InChI=1S/C13H21N.FH/c1-4-11-9-7-8-10-12(11)13(14,5-2)6-3;/h7-10H,4-6,14H2,1-3H3;1H. The average Bonchev–Trinajstić information content (AvgIpc) is 2.28. The lowest BCUT2D eigenvalue weighted by molar-refractivity contribution is 0.409. The van der Waals surface area contributed by atoms with Crippen LogP contribution in [0, 0.1) is 0 Å². The second-order valence-corrected chi connectivity index (χ2v) is 3.87. The average molecular weight is 211 g/mol. The Bertz CT molecular complexity index is 292. The second-order valence-electron chi connectivity index (χ2n) is 3.87. The molecule has 0 aliphatic rings. The van der Waals surface area contributed by atoms with Gasteiger partial charge >= 0.3 is 0 Å². The minimum absolute atomic E-state index is 0. The molecule has 0 unspecified atom stereocenters. The highest BCUT2D eigenvalue weighted by Crippen LogP contribution is 2.28. The Morgan fingerprint density at radius 3 is 2.07 bits per heavy atom. The third kappa shape index (κ3) is 2.78. The summed E-state index contributed by atoms with van der Waals surface area (Å²) in [6.07, 6.45) is 3.07. The van der Waals surface area contributed by atoms with Crippen LogP contribution >= 0.6 is 0 Å². The summed E-state index contributed by atoms with van der Waals surface area (Å²) in [5.74, 6) is 0. The third-order valence-electron chi connectivity index (χ3n) is 3.20. The van der Waals surface area contributed by atoms with Gasteiger partial charge in [-0.05, 0) is 30.4 Å². The maximum Gasteiger partial charge on any atom is 0.0407 e. The first-order valence-electron chi connectivity index (χ1n) is 5.55. The van der Waals surface area contributed by atoms with Gasteiger partial charge in [-0.3, -0.25) is 4.70 Å². The molecule has 0 atom stereocenters. The number of halogens is 1. The van der Waals surface area contributed by atoms with Crippen molar-refractivity contribution in [1.82, 2.24) is 0 Å². The van der Waals surface area contributed by atoms with Crippen LogP contribution in [0.4, 0.5) is 4.70 Å². The maximum absolute atomic E-state index is 6.39. The molecule has 0 bridgehead atoms. The van der Waals surface area contributed by atoms with Crippen molar-refractivity contribution >= 4 is 0 Å². The van der Waals surface area contributed by atoms with Crippen LogP contribution in [0.2, 0.25) is 0 Å². The number of nitrogens with two attached hydrogens (primary N) is 1. The highest BCUT2D eigenvalue weighted by molar-refractivity contribution is 5.33. The third-order valence-corrected chi connectivity index (χ3v) is 3.20. The van der Waals surface area contributed by atoms with Gasteiger partial charge in [0.2, 0.25) is 0 Å². The van der Waals surface area contributed by atoms with E-state index in [0.717, 1.165) is 19.3 Å². The molecule has 0 radical (unpaired) electrons. The summed E-state index contributed by atoms with van der Waals surface area (Å²) in [6.45, 7) is 6.51. The molecule has 0 aliphatic heterocycles. The molecule has 1 rings (SSSR count). The number of hydrogen-bond donors (Lipinski definition) is 1. The van der Waals surface area contributed by atoms with Crippen LogP contribution in [0.15, 0.2) is 24.3 Å². The van der Waals surface area contributed by atoms with Crippen molar-refractivity contribution in [3.8, 4) is 0 Å². The molecule has 1 aromatic rings. The SMILES string of the molecule is CCc1ccccc1C(N)(CC)CC.F. The predicted octanol–water partition coefficient (Wildman–Crippen LogP) is 3.38. The summed E-state index contributed by atoms with van der Waals surface area (Å²) in [5.41, 5.74) is 8.98. The van der Waals surface area contributed by atoms with Crippen molar-refractivity contribution in [2.45, 2.75) is 45.6 Å². The predicted molar refractivity (Wildman–Crippen MR) is 64.8 cm³/mol. The fourth-order valence-electron chi connectivity index (χ4n) is 1.95. The van der Waals surface area contributed by atoms with E-state index in [-0.39, 0.29) is 10.2 Å². The molecule has 0 aliphatic carbocycles. The molecule has 1 nitrogen and oxygen atoms in total. The van der Waals surface area contributed by atoms with E-state index in [4.69, 9.17) is 5.73 Å². The lowest BCUT2D eigenvalue weighted by Gasteiger charge is -2.29. The van der Waals surface area contributed by atoms with E-state index in [2.05, 4.69) is 45.0 Å². The van der Waals surface area contributed by atoms with E-state index in [0.29, 0.717) is 0 Å². The van der Waals surface area contributed by atoms with Crippen molar-refractivity contribution in [3.05, 3.63) is 35.4 Å². The number of rotatable bonds is 4. The van der Waals surface area contributed by atoms with E-state index in [9.17, 15) is 0 Å². The molecule has 2 heteroatoms. The summed E-state index contributed by atoms with van der Waals surface area (Å²) in [4.78, 5) is 0. The van der Waals surface area contributed by atoms with Gasteiger partial charge in [-0.15, -0.1) is 0 Å². The van der Waals surface area contributed by atoms with Gasteiger partial charge < -0.3 is 5.73 Å². The first-order valence-corrected chi connectivity index (χ1v) is 5.55. The van der Waals surface area contributed by atoms with Gasteiger partial charge in [0.1, 0.15) is 0 Å². The minimum Gasteiger partial charge on any atom is -0.321 e. The molecule has 0 fully saturated rings. The Balaban J connectivity index is 0.00000196. The quantitative estimate of drug-likeness (QED) is 0.811. The Kier molecular flexibility index (Phi) is 5.51. The van der Waals surface area contributed by atoms with Crippen molar-refractivity contribution < 1.29 is 4.70 Å². The topological polar surface area (TPSA) is 26.0 Å². The van der Waals surface area contributed by atoms with E-state index in [1.54, 1.807) is 0 Å². The summed E-state index contributed by atoms with van der Waals surface area (Å²) >= 11 is 0. The minimum atomic E-state index is -0.132. The van der Waals surface area contributed by atoms with Crippen molar-refractivity contribution in [2.75, 3.05) is 0 Å². The fraction of sp³-hybridized carbons (Fsp3) is 0.538. The van der Waals surface area contributed by atoms with Crippen molar-refractivity contribution in [3.63, 3.8) is 0 Å². The Labute approximate surface area is 92.1 Å². The summed E-state index contributed by atoms with van der Waals surface area (Å²) in [7, 11) is 0. The van der Waals surface area contributed by atoms with Crippen LogP contribution in [0.1, 0.15) is 44.7 Å². The molecule has 0 spiro atoms. The van der Waals surface area contributed by atoms with Crippen LogP contribution in [0.3, 0.4) is 0 Å². The first kappa shape index (κ1) is 14.1. The monoisotopic (exact) mass is 211 g/mol. The summed E-state index contributed by atoms with van der Waals surface area (Å²) in [6, 6.07) is 8.53. The number of hydrogen-bond acceptors (Lipinski definition) is 1. The maximum atomic E-state index is 6.39. The van der Waals surface area contributed by atoms with E-state index >= 15 is 0 Å². The molecule has 0 aromatic heterocycles. The lowest BCUT2D eigenvalue weighted by Crippen LogP contribution is -2.36. The van der Waals surface area contributed by atoms with Crippen LogP contribution < -0.4 is 5.73 Å². The number of aryl methyl sites for hydroxylation is 1. The molecule has 1 aromatic carbocycles. The van der Waals surface area contributed by atoms with Gasteiger partial charge in [-0.1, -0.05) is 45.0 Å². The highest BCUT2D eigenvalue weighted by Gasteiger charge is 2.24. The zero-order valence-corrected chi connectivity index (χ0v) is 9.92. The zero-order chi connectivity index (χ0) is 10.6. The van der Waals surface area contributed by atoms with E-state index < -0.39 is 0 Å². The van der Waals surface area contributed by atoms with Gasteiger partial charge in [0.25, 0.3) is 0 Å². The lowest BCUT2D eigenvalue weighted by atomic mass is 9.82. The van der Waals surface area contributed by atoms with Crippen LogP contribution in [-0.2, 0) is 12.0 Å². The van der Waals surface area contributed by atoms with Gasteiger partial charge in [-0.2, -0.15) is 0 Å². The molecular formula is C13H22FN. The second kappa shape index (κ2) is 5.86. The molecule has 0 saturated heterocycles. The van der Waals surface area contributed by atoms with Gasteiger partial charge in [0.15, 0.2) is 0 Å². The molecule has 2 N–H and O–H groups in total. The van der Waals surface area contributed by atoms with Crippen LogP contribution in [-0.4, -0.2) is 0 Å². The smallest absolute Gasteiger partial charge is 0.0407 e. The van der Waals surface area contributed by atoms with Crippen LogP contribution in [0.5, 0.6) is 0 Å². The van der Waals surface area contributed by atoms with E-state index in [1.165, 1.54) is 11.1 Å². The Hall–Kier alpha value is -0.890. The highest BCUT2D eigenvalue weighted by atomic mass is 19.0. The number of benzene rings is 1. The van der Waals surface area contributed by atoms with Crippen molar-refractivity contribution in [2.24, 2.45) is 5.73 Å². The Morgan fingerprint density at radius 2 is 1.60 bits per heavy atom. The molecule has 0 heterocycles. The van der Waals surface area contributed by atoms with Crippen molar-refractivity contribution in [1.29, 1.82) is 0 Å². The normalized spacial score (nSPS) is 10.9. The van der Waals surface area contributed by atoms with E-state index in [1.807, 2.05) is 0 Å². The zero-order valence-electron chi connectivity index (χ0n) is 9.92. The summed E-state index contributed by atoms with van der Waals surface area (Å²) in [5, 5.41) is 0.